The third-order valence-corrected chi connectivity index (χ3v) is 7.56. The first kappa shape index (κ1) is 23.4. The Morgan fingerprint density at radius 2 is 1.83 bits per heavy atom. The molecule has 2 aromatic carbocycles. The van der Waals surface area contributed by atoms with Gasteiger partial charge in [-0.2, -0.15) is 0 Å². The van der Waals surface area contributed by atoms with Gasteiger partial charge in [0.2, 0.25) is 5.91 Å². The Labute approximate surface area is 206 Å². The van der Waals surface area contributed by atoms with E-state index in [0.717, 1.165) is 48.0 Å². The van der Waals surface area contributed by atoms with E-state index >= 15 is 0 Å². The summed E-state index contributed by atoms with van der Waals surface area (Å²) in [5.41, 5.74) is 1.50. The topological polar surface area (TPSA) is 76.5 Å². The highest BCUT2D eigenvalue weighted by atomic mass is 16.5. The third-order valence-electron chi connectivity index (χ3n) is 7.56. The average Bonchev–Trinajstić information content (AvgIpc) is 3.22. The summed E-state index contributed by atoms with van der Waals surface area (Å²) in [6, 6.07) is 15.5. The lowest BCUT2D eigenvalue weighted by molar-refractivity contribution is -0.134. The van der Waals surface area contributed by atoms with Crippen LogP contribution in [-0.4, -0.2) is 45.0 Å². The van der Waals surface area contributed by atoms with Gasteiger partial charge in [-0.1, -0.05) is 56.4 Å². The molecule has 7 heteroatoms. The molecule has 1 atom stereocenters. The van der Waals surface area contributed by atoms with E-state index in [4.69, 9.17) is 4.74 Å². The van der Waals surface area contributed by atoms with Crippen molar-refractivity contribution in [1.29, 1.82) is 0 Å². The van der Waals surface area contributed by atoms with E-state index in [0.29, 0.717) is 18.9 Å². The highest BCUT2D eigenvalue weighted by molar-refractivity contribution is 6.01. The first-order valence-electron chi connectivity index (χ1n) is 12.7. The van der Waals surface area contributed by atoms with Crippen LogP contribution in [0.4, 0.5) is 0 Å². The van der Waals surface area contributed by atoms with Gasteiger partial charge in [0.25, 0.3) is 5.91 Å². The van der Waals surface area contributed by atoms with Gasteiger partial charge in [-0.15, -0.1) is 0 Å². The molecule has 1 N–H and O–H groups in total. The van der Waals surface area contributed by atoms with Gasteiger partial charge < -0.3 is 19.5 Å². The molecule has 5 rings (SSSR count). The predicted molar refractivity (Wildman–Crippen MR) is 135 cm³/mol. The summed E-state index contributed by atoms with van der Waals surface area (Å²) >= 11 is 0. The minimum atomic E-state index is -1.06. The van der Waals surface area contributed by atoms with Gasteiger partial charge in [-0.25, -0.2) is 4.98 Å². The number of ether oxygens (including phenoxy) is 1. The van der Waals surface area contributed by atoms with Crippen molar-refractivity contribution >= 4 is 22.8 Å². The maximum atomic E-state index is 14.0. The number of hydrogen-bond donors (Lipinski definition) is 1. The lowest BCUT2D eigenvalue weighted by Gasteiger charge is -2.44. The van der Waals surface area contributed by atoms with Crippen LogP contribution in [0.1, 0.15) is 68.1 Å². The van der Waals surface area contributed by atoms with Gasteiger partial charge >= 0.3 is 0 Å². The number of para-hydroxylation sites is 2. The zero-order valence-electron chi connectivity index (χ0n) is 20.6. The first-order chi connectivity index (χ1) is 17.0. The van der Waals surface area contributed by atoms with E-state index in [2.05, 4.69) is 10.3 Å². The Hall–Kier alpha value is -3.35. The van der Waals surface area contributed by atoms with Crippen LogP contribution in [0.2, 0.25) is 0 Å². The van der Waals surface area contributed by atoms with Crippen LogP contribution in [0.5, 0.6) is 5.75 Å². The fourth-order valence-electron chi connectivity index (χ4n) is 5.47. The Bertz CT molecular complexity index is 1230. The molecule has 2 amide bonds. The van der Waals surface area contributed by atoms with Gasteiger partial charge in [-0.3, -0.25) is 9.59 Å². The Kier molecular flexibility index (Phi) is 6.50. The largest absolute Gasteiger partial charge is 0.497 e. The molecule has 1 aliphatic heterocycles. The summed E-state index contributed by atoms with van der Waals surface area (Å²) in [5.74, 6) is 0.776. The number of hydrogen-bond acceptors (Lipinski definition) is 4. The number of rotatable bonds is 5. The molecule has 2 aliphatic rings. The molecular weight excluding hydrogens is 440 g/mol. The molecule has 0 spiro atoms. The number of nitrogens with zero attached hydrogens (tertiary/aromatic N) is 3. The molecule has 0 saturated heterocycles. The Balaban J connectivity index is 1.51. The van der Waals surface area contributed by atoms with Gasteiger partial charge in [0, 0.05) is 12.6 Å². The number of fused-ring (bicyclic) bond motifs is 3. The highest BCUT2D eigenvalue weighted by Crippen LogP contribution is 2.33. The summed E-state index contributed by atoms with van der Waals surface area (Å²) in [4.78, 5) is 34.2. The number of nitrogens with one attached hydrogen (secondary N) is 1. The van der Waals surface area contributed by atoms with E-state index in [-0.39, 0.29) is 17.9 Å². The fraction of sp³-hybridized carbons (Fsp3) is 0.464. The molecule has 184 valence electrons. The molecule has 1 fully saturated rings. The van der Waals surface area contributed by atoms with Crippen molar-refractivity contribution in [3.63, 3.8) is 0 Å². The van der Waals surface area contributed by atoms with Crippen molar-refractivity contribution in [3.8, 4) is 5.75 Å². The molecular formula is C28H34N4O3. The minimum absolute atomic E-state index is 0.0947. The van der Waals surface area contributed by atoms with Crippen molar-refractivity contribution in [2.45, 2.75) is 76.5 Å². The fourth-order valence-corrected chi connectivity index (χ4v) is 5.47. The molecule has 35 heavy (non-hydrogen) atoms. The van der Waals surface area contributed by atoms with Gasteiger partial charge in [-0.05, 0) is 49.6 Å². The molecule has 1 aliphatic carbocycles. The number of amides is 2. The smallest absolute Gasteiger partial charge is 0.291 e. The van der Waals surface area contributed by atoms with Crippen molar-refractivity contribution in [2.24, 2.45) is 0 Å². The van der Waals surface area contributed by atoms with Crippen LogP contribution in [0.15, 0.2) is 48.5 Å². The summed E-state index contributed by atoms with van der Waals surface area (Å²) in [7, 11) is 1.63. The number of carbonyl (C=O) groups is 2. The van der Waals surface area contributed by atoms with E-state index < -0.39 is 5.54 Å². The Morgan fingerprint density at radius 3 is 2.60 bits per heavy atom. The summed E-state index contributed by atoms with van der Waals surface area (Å²) < 4.78 is 7.30. The van der Waals surface area contributed by atoms with Crippen molar-refractivity contribution < 1.29 is 14.3 Å². The van der Waals surface area contributed by atoms with E-state index in [1.54, 1.807) is 12.0 Å². The number of imidazole rings is 1. The Morgan fingerprint density at radius 1 is 1.09 bits per heavy atom. The molecule has 0 bridgehead atoms. The lowest BCUT2D eigenvalue weighted by Crippen LogP contribution is -2.64. The second-order valence-electron chi connectivity index (χ2n) is 10.0. The van der Waals surface area contributed by atoms with Gasteiger partial charge in [0.1, 0.15) is 11.3 Å². The molecule has 0 radical (unpaired) electrons. The van der Waals surface area contributed by atoms with Gasteiger partial charge in [0.15, 0.2) is 5.82 Å². The molecule has 2 heterocycles. The normalized spacial score (nSPS) is 21.3. The standard InChI is InChI=1S/C28H34N4O3/c1-28(27(34)29-21-12-6-4-3-5-7-13-21)19-31-24-16-9-8-15-23(24)30-25(31)26(33)32(28)18-20-11-10-14-22(17-20)35-2/h8-11,14-17,21H,3-7,12-13,18-19H2,1-2H3,(H,29,34). The lowest BCUT2D eigenvalue weighted by atomic mass is 9.92. The first-order valence-corrected chi connectivity index (χ1v) is 12.7. The monoisotopic (exact) mass is 474 g/mol. The van der Waals surface area contributed by atoms with Crippen LogP contribution >= 0.6 is 0 Å². The summed E-state index contributed by atoms with van der Waals surface area (Å²) in [6.45, 7) is 2.55. The van der Waals surface area contributed by atoms with E-state index in [9.17, 15) is 9.59 Å². The van der Waals surface area contributed by atoms with E-state index in [1.165, 1.54) is 19.3 Å². The third kappa shape index (κ3) is 4.51. The van der Waals surface area contributed by atoms with Crippen LogP contribution < -0.4 is 10.1 Å². The SMILES string of the molecule is COc1cccc(CN2C(=O)c3nc4ccccc4n3CC2(C)C(=O)NC2CCCCCCC2)c1. The van der Waals surface area contributed by atoms with Crippen LogP contribution in [-0.2, 0) is 17.9 Å². The molecule has 3 aromatic rings. The second kappa shape index (κ2) is 9.72. The maximum Gasteiger partial charge on any atom is 0.291 e. The number of carbonyl (C=O) groups excluding carboxylic acids is 2. The van der Waals surface area contributed by atoms with Gasteiger partial charge in [0.05, 0.1) is 24.7 Å². The summed E-state index contributed by atoms with van der Waals surface area (Å²) in [6.07, 6.45) is 7.95. The molecule has 7 nitrogen and oxygen atoms in total. The predicted octanol–water partition coefficient (Wildman–Crippen LogP) is 4.69. The molecule has 1 aromatic heterocycles. The number of benzene rings is 2. The highest BCUT2D eigenvalue weighted by Gasteiger charge is 2.48. The maximum absolute atomic E-state index is 14.0. The quantitative estimate of drug-likeness (QED) is 0.582. The number of methoxy groups -OCH3 is 1. The summed E-state index contributed by atoms with van der Waals surface area (Å²) in [5, 5.41) is 3.34. The van der Waals surface area contributed by atoms with Crippen molar-refractivity contribution in [1.82, 2.24) is 19.8 Å². The zero-order valence-corrected chi connectivity index (χ0v) is 20.6. The van der Waals surface area contributed by atoms with Crippen LogP contribution in [0.25, 0.3) is 11.0 Å². The molecule has 1 unspecified atom stereocenters. The minimum Gasteiger partial charge on any atom is -0.497 e. The zero-order chi connectivity index (χ0) is 24.4. The second-order valence-corrected chi connectivity index (χ2v) is 10.0. The van der Waals surface area contributed by atoms with E-state index in [1.807, 2.05) is 60.0 Å². The van der Waals surface area contributed by atoms with Crippen molar-refractivity contribution in [3.05, 3.63) is 59.9 Å². The van der Waals surface area contributed by atoms with Crippen molar-refractivity contribution in [2.75, 3.05) is 7.11 Å². The van der Waals surface area contributed by atoms with Crippen LogP contribution in [0.3, 0.4) is 0 Å². The molecule has 1 saturated carbocycles. The average molecular weight is 475 g/mol. The number of aromatic nitrogens is 2. The van der Waals surface area contributed by atoms with Crippen LogP contribution in [0, 0.1) is 0 Å².